The Bertz CT molecular complexity index is 3550. The van der Waals surface area contributed by atoms with E-state index in [0.717, 1.165) is 0 Å². The van der Waals surface area contributed by atoms with Gasteiger partial charge in [0.25, 0.3) is 0 Å². The third-order valence-electron chi connectivity index (χ3n) is 11.3. The van der Waals surface area contributed by atoms with E-state index in [9.17, 15) is 176 Å². The Morgan fingerprint density at radius 2 is 0.153 bits per heavy atom. The Morgan fingerprint density at radius 1 is 0.112 bits per heavy atom. The highest BCUT2D eigenvalue weighted by Gasteiger charge is 2.39. The van der Waals surface area contributed by atoms with E-state index in [0.29, 0.717) is 0 Å². The van der Waals surface area contributed by atoms with Crippen molar-refractivity contribution < 1.29 is 191 Å². The average Bonchev–Trinajstić information content (AvgIpc) is 0.773. The smallest absolute Gasteiger partial charge is 0.402 e. The minimum atomic E-state index is -2.68. The first kappa shape index (κ1) is 80.6. The van der Waals surface area contributed by atoms with Gasteiger partial charge in [0.1, 0.15) is 0 Å². The van der Waals surface area contributed by atoms with Gasteiger partial charge >= 0.3 is 7.32 Å². The van der Waals surface area contributed by atoms with Crippen LogP contribution in [0.4, 0.5) is 176 Å². The molecule has 0 amide bonds. The number of benzene rings is 9. The summed E-state index contributed by atoms with van der Waals surface area (Å²) in [6, 6.07) is 12.0. The normalized spacial score (nSPS) is 10.8. The number of hydrogen-bond acceptors (Lipinski definition) is 3. The maximum Gasteiger partial charge on any atom is 0.631 e. The van der Waals surface area contributed by atoms with Crippen LogP contribution in [0.15, 0.2) is 36.4 Å². The molecule has 98 heavy (non-hydrogen) atoms. The summed E-state index contributed by atoms with van der Waals surface area (Å²) < 4.78 is 525. The third-order valence-corrected chi connectivity index (χ3v) is 11.3. The Kier molecular flexibility index (Phi) is 25.9. The quantitative estimate of drug-likeness (QED) is 0.0712. The van der Waals surface area contributed by atoms with Crippen LogP contribution in [-0.2, 0) is 0 Å². The minimum Gasteiger partial charge on any atom is -0.402 e. The topological polar surface area (TPSA) is 60.7 Å². The van der Waals surface area contributed by atoms with Gasteiger partial charge in [-0.1, -0.05) is 36.4 Å². The molecule has 0 aliphatic carbocycles. The highest BCUT2D eigenvalue weighted by molar-refractivity contribution is 6.30. The van der Waals surface area contributed by atoms with Gasteiger partial charge in [0.05, 0.1) is 44.5 Å². The molecule has 9 rings (SSSR count). The fraction of sp³-hybridized carbons (Fsp3) is 0. The van der Waals surface area contributed by atoms with Gasteiger partial charge in [0, 0.05) is 0 Å². The molecule has 0 radical (unpaired) electrons. The molecule has 9 aromatic rings. The van der Waals surface area contributed by atoms with Gasteiger partial charge in [0.15, 0.2) is 186 Å². The van der Waals surface area contributed by atoms with Crippen LogP contribution in [-0.4, -0.2) is 22.4 Å². The largest absolute Gasteiger partial charge is 0.631 e. The van der Waals surface area contributed by atoms with Crippen LogP contribution >= 0.6 is 0 Å². The van der Waals surface area contributed by atoms with Gasteiger partial charge < -0.3 is 15.1 Å². The van der Waals surface area contributed by atoms with Crippen molar-refractivity contribution in [3.8, 4) is 44.5 Å². The van der Waals surface area contributed by atoms with Crippen molar-refractivity contribution in [2.45, 2.75) is 0 Å². The van der Waals surface area contributed by atoms with Crippen molar-refractivity contribution in [3.63, 3.8) is 0 Å². The standard InChI is InChI=1S/4C12F10.C6H6.BH3O3/c4*13-3-1(4(14)8(18)11(21)7(3)17)2-5(15)9(19)12(22)10(20)6(2)16;1-2-4-6-5-3-1;2-1(3)4/h;;;;1-6H;2-4H. The molecule has 44 heteroatoms. The van der Waals surface area contributed by atoms with E-state index in [1.165, 1.54) is 0 Å². The molecule has 0 bridgehead atoms. The number of hydrogen-bond donors (Lipinski definition) is 3. The SMILES string of the molecule is Fc1c(F)c(F)c(-c2c(F)c(F)c(F)c(F)c2F)c(F)c1F.Fc1c(F)c(F)c(-c2c(F)c(F)c(F)c(F)c2F)c(F)c1F.Fc1c(F)c(F)c(-c2c(F)c(F)c(F)c(F)c2F)c(F)c1F.Fc1c(F)c(F)c(-c2c(F)c(F)c(F)c(F)c2F)c(F)c1F.OB(O)O.c1ccccc1. The zero-order chi connectivity index (χ0) is 75.5. The molecule has 0 fully saturated rings. The second kappa shape index (κ2) is 31.5. The molecule has 0 unspecified atom stereocenters. The summed E-state index contributed by atoms with van der Waals surface area (Å²) in [6.07, 6.45) is 0. The molecule has 3 N–H and O–H groups in total. The van der Waals surface area contributed by atoms with E-state index >= 15 is 0 Å². The second-order valence-electron chi connectivity index (χ2n) is 17.1. The van der Waals surface area contributed by atoms with E-state index in [-0.39, 0.29) is 0 Å². The molecule has 9 aromatic carbocycles. The van der Waals surface area contributed by atoms with Crippen LogP contribution in [0.3, 0.4) is 0 Å². The molecule has 0 aliphatic heterocycles. The first-order valence-corrected chi connectivity index (χ1v) is 23.3. The Morgan fingerprint density at radius 3 is 0.204 bits per heavy atom. The highest BCUT2D eigenvalue weighted by Crippen LogP contribution is 2.42. The third kappa shape index (κ3) is 15.0. The summed E-state index contributed by atoms with van der Waals surface area (Å²) in [7, 11) is -2.17. The van der Waals surface area contributed by atoms with Gasteiger partial charge in [-0.15, -0.1) is 0 Å². The predicted molar refractivity (Wildman–Crippen MR) is 245 cm³/mol. The number of halogens is 40. The molecule has 0 heterocycles. The van der Waals surface area contributed by atoms with Crippen LogP contribution in [0.25, 0.3) is 44.5 Å². The van der Waals surface area contributed by atoms with Crippen molar-refractivity contribution in [1.29, 1.82) is 0 Å². The summed E-state index contributed by atoms with van der Waals surface area (Å²) in [5, 5.41) is 21.5. The lowest BCUT2D eigenvalue weighted by atomic mass is 10.0. The average molecular weight is 1480 g/mol. The first-order valence-electron chi connectivity index (χ1n) is 23.3. The zero-order valence-electron chi connectivity index (χ0n) is 44.5. The maximum atomic E-state index is 13.4. The molecule has 3 nitrogen and oxygen atoms in total. The molecular weight excluding hydrogens is 1470 g/mol. The molecule has 0 spiro atoms. The Labute approximate surface area is 511 Å². The zero-order valence-corrected chi connectivity index (χ0v) is 44.5. The van der Waals surface area contributed by atoms with E-state index < -0.39 is 285 Å². The van der Waals surface area contributed by atoms with Crippen LogP contribution < -0.4 is 0 Å². The lowest BCUT2D eigenvalue weighted by Gasteiger charge is -2.11. The molecule has 0 saturated heterocycles. The molecule has 0 atom stereocenters. The maximum absolute atomic E-state index is 13.4. The van der Waals surface area contributed by atoms with E-state index in [4.69, 9.17) is 15.1 Å². The lowest BCUT2D eigenvalue weighted by Crippen LogP contribution is -2.10. The van der Waals surface area contributed by atoms with Crippen molar-refractivity contribution >= 4 is 7.32 Å². The van der Waals surface area contributed by atoms with Crippen LogP contribution in [0.5, 0.6) is 0 Å². The van der Waals surface area contributed by atoms with Crippen molar-refractivity contribution in [3.05, 3.63) is 269 Å². The van der Waals surface area contributed by atoms with E-state index in [2.05, 4.69) is 0 Å². The molecule has 0 aromatic heterocycles. The molecule has 0 saturated carbocycles. The summed E-state index contributed by atoms with van der Waals surface area (Å²) in [6.45, 7) is 0. The minimum absolute atomic E-state index is 2.00. The second-order valence-corrected chi connectivity index (χ2v) is 17.1. The van der Waals surface area contributed by atoms with Gasteiger partial charge in [-0.3, -0.25) is 0 Å². The van der Waals surface area contributed by atoms with Gasteiger partial charge in [-0.2, -0.15) is 0 Å². The van der Waals surface area contributed by atoms with Crippen LogP contribution in [0.2, 0.25) is 0 Å². The van der Waals surface area contributed by atoms with Gasteiger partial charge in [0.2, 0.25) is 46.5 Å². The summed E-state index contributed by atoms with van der Waals surface area (Å²) >= 11 is 0. The Balaban J connectivity index is 0.000000264. The molecule has 0 aliphatic rings. The summed E-state index contributed by atoms with van der Waals surface area (Å²) in [5.41, 5.74) is -18.1. The summed E-state index contributed by atoms with van der Waals surface area (Å²) in [4.78, 5) is 0. The van der Waals surface area contributed by atoms with Gasteiger partial charge in [-0.05, 0) is 0 Å². The van der Waals surface area contributed by atoms with E-state index in [1.54, 1.807) is 0 Å². The predicted octanol–water partition coefficient (Wildman–Crippen LogP) is 18.6. The number of rotatable bonds is 4. The van der Waals surface area contributed by atoms with Crippen molar-refractivity contribution in [2.24, 2.45) is 0 Å². The first-order chi connectivity index (χ1) is 45.2. The van der Waals surface area contributed by atoms with Crippen LogP contribution in [0.1, 0.15) is 0 Å². The summed E-state index contributed by atoms with van der Waals surface area (Å²) in [5.74, 6) is -107. The van der Waals surface area contributed by atoms with Gasteiger partial charge in [-0.25, -0.2) is 176 Å². The highest BCUT2D eigenvalue weighted by atomic mass is 19.2. The monoisotopic (exact) mass is 1480 g/mol. The van der Waals surface area contributed by atoms with Crippen molar-refractivity contribution in [1.82, 2.24) is 0 Å². The Hall–Kier alpha value is -9.88. The molecule has 526 valence electrons. The lowest BCUT2D eigenvalue weighted by molar-refractivity contribution is 0.278. The fourth-order valence-corrected chi connectivity index (χ4v) is 6.98. The molecular formula is C54H9BF40O3. The van der Waals surface area contributed by atoms with Crippen LogP contribution in [0, 0.1) is 233 Å². The van der Waals surface area contributed by atoms with E-state index in [1.807, 2.05) is 36.4 Å². The van der Waals surface area contributed by atoms with Crippen molar-refractivity contribution in [2.75, 3.05) is 0 Å². The fourth-order valence-electron chi connectivity index (χ4n) is 6.98.